The van der Waals surface area contributed by atoms with Crippen molar-refractivity contribution in [1.82, 2.24) is 9.13 Å². The van der Waals surface area contributed by atoms with Crippen LogP contribution >= 0.6 is 0 Å². The van der Waals surface area contributed by atoms with E-state index in [4.69, 9.17) is 4.42 Å². The standard InChI is InChI=1S/C29H24N2O2/c1-29(23-17-30(2)25-13-7-5-11-20(23)25,24-18-31(3)26-14-8-6-12-21(24)26)22-16-19-10-4-9-15-27(19)33-28(22)32/h4-18H,1-3H3. The third kappa shape index (κ3) is 2.74. The molecule has 0 aliphatic heterocycles. The molecule has 0 bridgehead atoms. The molecule has 0 radical (unpaired) electrons. The minimum atomic E-state index is -0.730. The Morgan fingerprint density at radius 1 is 0.697 bits per heavy atom. The monoisotopic (exact) mass is 432 g/mol. The third-order valence-corrected chi connectivity index (χ3v) is 7.05. The molecule has 3 heterocycles. The largest absolute Gasteiger partial charge is 0.422 e. The highest BCUT2D eigenvalue weighted by Gasteiger charge is 2.39. The predicted molar refractivity (Wildman–Crippen MR) is 134 cm³/mol. The lowest BCUT2D eigenvalue weighted by molar-refractivity contribution is 0.529. The molecule has 0 saturated carbocycles. The third-order valence-electron chi connectivity index (χ3n) is 7.05. The Hall–Kier alpha value is -4.05. The van der Waals surface area contributed by atoms with Gasteiger partial charge in [-0.2, -0.15) is 0 Å². The van der Waals surface area contributed by atoms with E-state index in [9.17, 15) is 4.79 Å². The van der Waals surface area contributed by atoms with E-state index in [0.717, 1.165) is 38.3 Å². The Labute approximate surface area is 191 Å². The second kappa shape index (κ2) is 6.97. The van der Waals surface area contributed by atoms with Crippen LogP contribution in [0.4, 0.5) is 0 Å². The highest BCUT2D eigenvalue weighted by molar-refractivity contribution is 5.91. The fraction of sp³-hybridized carbons (Fsp3) is 0.138. The van der Waals surface area contributed by atoms with Crippen LogP contribution in [0.3, 0.4) is 0 Å². The van der Waals surface area contributed by atoms with Gasteiger partial charge in [-0.05, 0) is 42.3 Å². The summed E-state index contributed by atoms with van der Waals surface area (Å²) in [5.41, 5.74) is 4.62. The predicted octanol–water partition coefficient (Wildman–Crippen LogP) is 6.13. The number of nitrogens with zero attached hydrogens (tertiary/aromatic N) is 2. The van der Waals surface area contributed by atoms with Crippen LogP contribution in [0.1, 0.15) is 23.6 Å². The smallest absolute Gasteiger partial charge is 0.340 e. The van der Waals surface area contributed by atoms with E-state index in [2.05, 4.69) is 78.9 Å². The Bertz CT molecular complexity index is 1650. The molecule has 162 valence electrons. The van der Waals surface area contributed by atoms with Gasteiger partial charge in [-0.25, -0.2) is 4.79 Å². The first-order valence-electron chi connectivity index (χ1n) is 11.1. The van der Waals surface area contributed by atoms with Crippen LogP contribution in [-0.4, -0.2) is 9.13 Å². The topological polar surface area (TPSA) is 40.1 Å². The van der Waals surface area contributed by atoms with Gasteiger partial charge in [0.2, 0.25) is 0 Å². The summed E-state index contributed by atoms with van der Waals surface area (Å²) in [5.74, 6) is 0. The Morgan fingerprint density at radius 2 is 1.21 bits per heavy atom. The van der Waals surface area contributed by atoms with Crippen LogP contribution < -0.4 is 5.63 Å². The number of fused-ring (bicyclic) bond motifs is 3. The van der Waals surface area contributed by atoms with Crippen LogP contribution in [0, 0.1) is 0 Å². The number of rotatable bonds is 3. The van der Waals surface area contributed by atoms with Gasteiger partial charge in [-0.1, -0.05) is 54.6 Å². The number of aryl methyl sites for hydroxylation is 2. The van der Waals surface area contributed by atoms with Crippen LogP contribution in [0.15, 0.2) is 100 Å². The molecule has 0 fully saturated rings. The normalized spacial score (nSPS) is 12.2. The van der Waals surface area contributed by atoms with Crippen LogP contribution in [0.5, 0.6) is 0 Å². The van der Waals surface area contributed by atoms with Crippen molar-refractivity contribution >= 4 is 32.8 Å². The number of aromatic nitrogens is 2. The number of hydrogen-bond acceptors (Lipinski definition) is 2. The molecule has 3 aromatic carbocycles. The van der Waals surface area contributed by atoms with E-state index < -0.39 is 5.41 Å². The van der Waals surface area contributed by atoms with E-state index in [-0.39, 0.29) is 5.63 Å². The maximum absolute atomic E-state index is 13.5. The zero-order valence-electron chi connectivity index (χ0n) is 18.9. The van der Waals surface area contributed by atoms with Crippen molar-refractivity contribution < 1.29 is 4.42 Å². The molecule has 6 rings (SSSR count). The van der Waals surface area contributed by atoms with E-state index in [1.54, 1.807) is 0 Å². The van der Waals surface area contributed by atoms with Crippen molar-refractivity contribution in [2.75, 3.05) is 0 Å². The minimum Gasteiger partial charge on any atom is -0.422 e. The molecular weight excluding hydrogens is 408 g/mol. The summed E-state index contributed by atoms with van der Waals surface area (Å²) in [4.78, 5) is 13.5. The summed E-state index contributed by atoms with van der Waals surface area (Å²) < 4.78 is 10.1. The summed E-state index contributed by atoms with van der Waals surface area (Å²) in [7, 11) is 4.11. The van der Waals surface area contributed by atoms with Gasteiger partial charge in [0.1, 0.15) is 5.58 Å². The molecule has 4 heteroatoms. The quantitative estimate of drug-likeness (QED) is 0.316. The van der Waals surface area contributed by atoms with Crippen molar-refractivity contribution in [2.24, 2.45) is 14.1 Å². The Balaban J connectivity index is 1.79. The zero-order chi connectivity index (χ0) is 22.7. The summed E-state index contributed by atoms with van der Waals surface area (Å²) in [6.07, 6.45) is 4.31. The molecule has 0 N–H and O–H groups in total. The maximum atomic E-state index is 13.5. The van der Waals surface area contributed by atoms with E-state index in [0.29, 0.717) is 11.1 Å². The van der Waals surface area contributed by atoms with Crippen LogP contribution in [0.25, 0.3) is 32.8 Å². The highest BCUT2D eigenvalue weighted by atomic mass is 16.4. The van der Waals surface area contributed by atoms with Gasteiger partial charge in [0.05, 0.1) is 11.0 Å². The molecule has 0 spiro atoms. The second-order valence-electron chi connectivity index (χ2n) is 8.95. The average Bonchev–Trinajstić information content (AvgIpc) is 3.36. The fourth-order valence-corrected chi connectivity index (χ4v) is 5.33. The molecule has 6 aromatic rings. The maximum Gasteiger partial charge on any atom is 0.340 e. The molecule has 33 heavy (non-hydrogen) atoms. The summed E-state index contributed by atoms with van der Waals surface area (Å²) in [6, 6.07) is 26.4. The van der Waals surface area contributed by atoms with Crippen molar-refractivity contribution in [3.63, 3.8) is 0 Å². The van der Waals surface area contributed by atoms with Gasteiger partial charge >= 0.3 is 5.63 Å². The van der Waals surface area contributed by atoms with Crippen LogP contribution in [-0.2, 0) is 19.5 Å². The van der Waals surface area contributed by atoms with Crippen LogP contribution in [0.2, 0.25) is 0 Å². The molecule has 0 unspecified atom stereocenters. The van der Waals surface area contributed by atoms with E-state index >= 15 is 0 Å². The van der Waals surface area contributed by atoms with Gasteiger partial charge in [-0.15, -0.1) is 0 Å². The van der Waals surface area contributed by atoms with Gasteiger partial charge in [0.15, 0.2) is 0 Å². The van der Waals surface area contributed by atoms with Gasteiger partial charge in [-0.3, -0.25) is 0 Å². The van der Waals surface area contributed by atoms with Gasteiger partial charge in [0, 0.05) is 53.7 Å². The molecule has 0 saturated heterocycles. The number of para-hydroxylation sites is 3. The average molecular weight is 433 g/mol. The molecule has 4 nitrogen and oxygen atoms in total. The first-order chi connectivity index (χ1) is 16.0. The highest BCUT2D eigenvalue weighted by Crippen LogP contribution is 2.45. The van der Waals surface area contributed by atoms with Crippen molar-refractivity contribution in [3.8, 4) is 0 Å². The summed E-state index contributed by atoms with van der Waals surface area (Å²) >= 11 is 0. The fourth-order valence-electron chi connectivity index (χ4n) is 5.33. The van der Waals surface area contributed by atoms with Gasteiger partial charge < -0.3 is 13.6 Å². The molecule has 0 atom stereocenters. The molecular formula is C29H24N2O2. The summed E-state index contributed by atoms with van der Waals surface area (Å²) in [5, 5.41) is 3.17. The van der Waals surface area contributed by atoms with Crippen molar-refractivity contribution in [1.29, 1.82) is 0 Å². The first kappa shape index (κ1) is 19.6. The lowest BCUT2D eigenvalue weighted by atomic mass is 9.71. The van der Waals surface area contributed by atoms with E-state index in [1.165, 1.54) is 0 Å². The molecule has 0 aliphatic carbocycles. The summed E-state index contributed by atoms with van der Waals surface area (Å²) in [6.45, 7) is 2.15. The molecule has 0 aliphatic rings. The number of benzene rings is 3. The van der Waals surface area contributed by atoms with Crippen molar-refractivity contribution in [2.45, 2.75) is 12.3 Å². The molecule has 0 amide bonds. The lowest BCUT2D eigenvalue weighted by Crippen LogP contribution is -2.31. The number of hydrogen-bond donors (Lipinski definition) is 0. The Morgan fingerprint density at radius 3 is 1.82 bits per heavy atom. The minimum absolute atomic E-state index is 0.308. The van der Waals surface area contributed by atoms with Crippen molar-refractivity contribution in [3.05, 3.63) is 118 Å². The lowest BCUT2D eigenvalue weighted by Gasteiger charge is -2.29. The zero-order valence-corrected chi connectivity index (χ0v) is 18.9. The SMILES string of the molecule is Cn1cc(C(C)(c2cc3ccccc3oc2=O)c2cn(C)c3ccccc23)c2ccccc21. The van der Waals surface area contributed by atoms with E-state index in [1.807, 2.05) is 42.5 Å². The van der Waals surface area contributed by atoms with Gasteiger partial charge in [0.25, 0.3) is 0 Å². The second-order valence-corrected chi connectivity index (χ2v) is 8.95. The first-order valence-corrected chi connectivity index (χ1v) is 11.1. The molecule has 3 aromatic heterocycles. The Kier molecular flexibility index (Phi) is 4.15.